The minimum absolute atomic E-state index is 0.198. The van der Waals surface area contributed by atoms with Crippen LogP contribution < -0.4 is 25.4 Å². The van der Waals surface area contributed by atoms with Gasteiger partial charge in [-0.2, -0.15) is 18.7 Å². The van der Waals surface area contributed by atoms with E-state index in [9.17, 15) is 22.8 Å². The molecule has 5 aliphatic rings. The largest absolute Gasteiger partial charge is 0.494 e. The van der Waals surface area contributed by atoms with Crippen LogP contribution in [0.3, 0.4) is 0 Å². The van der Waals surface area contributed by atoms with Crippen LogP contribution in [0.15, 0.2) is 143 Å². The zero-order valence-corrected chi connectivity index (χ0v) is 79.9. The van der Waals surface area contributed by atoms with E-state index in [2.05, 4.69) is 72.7 Å². The number of hydrogen-bond acceptors (Lipinski definition) is 26. The first-order chi connectivity index (χ1) is 57.9. The Morgan fingerprint density at radius 3 is 1.35 bits per heavy atom. The van der Waals surface area contributed by atoms with Gasteiger partial charge in [0.1, 0.15) is 107 Å². The first-order valence-electron chi connectivity index (χ1n) is 39.4. The molecule has 123 heavy (non-hydrogen) atoms. The Bertz CT molecular complexity index is 5510. The van der Waals surface area contributed by atoms with Crippen LogP contribution in [-0.4, -0.2) is 250 Å². The molecule has 10 aromatic rings. The number of rotatable bonds is 24. The van der Waals surface area contributed by atoms with Crippen LogP contribution in [0.1, 0.15) is 27.7 Å². The summed E-state index contributed by atoms with van der Waals surface area (Å²) in [5.74, 6) is 0. The Morgan fingerprint density at radius 2 is 0.967 bits per heavy atom. The number of aromatic nitrogens is 10. The average Bonchev–Trinajstić information content (AvgIpc) is 1.63. The highest BCUT2D eigenvalue weighted by molar-refractivity contribution is 7.91. The van der Waals surface area contributed by atoms with E-state index in [0.717, 1.165) is 39.9 Å². The first kappa shape index (κ1) is 96.6. The summed E-state index contributed by atoms with van der Waals surface area (Å²) in [5.41, 5.74) is 14.7. The van der Waals surface area contributed by atoms with E-state index in [1.807, 2.05) is 91.4 Å². The van der Waals surface area contributed by atoms with Gasteiger partial charge in [0.15, 0.2) is 23.5 Å². The summed E-state index contributed by atoms with van der Waals surface area (Å²) in [7, 11) is -2.03. The van der Waals surface area contributed by atoms with E-state index in [4.69, 9.17) is 131 Å². The van der Waals surface area contributed by atoms with E-state index in [1.54, 1.807) is 116 Å². The maximum atomic E-state index is 12.6. The summed E-state index contributed by atoms with van der Waals surface area (Å²) >= 11 is 30.2. The van der Waals surface area contributed by atoms with Gasteiger partial charge in [-0.15, -0.1) is 0 Å². The van der Waals surface area contributed by atoms with Gasteiger partial charge in [0.2, 0.25) is 0 Å². The van der Waals surface area contributed by atoms with Crippen LogP contribution in [0, 0.1) is 0 Å². The van der Waals surface area contributed by atoms with Crippen LogP contribution in [0.4, 0.5) is 22.7 Å². The maximum absolute atomic E-state index is 12.6. The molecule has 2 aromatic carbocycles. The van der Waals surface area contributed by atoms with Gasteiger partial charge in [-0.1, -0.05) is 146 Å². The van der Waals surface area contributed by atoms with Crippen molar-refractivity contribution in [2.24, 2.45) is 8.73 Å². The zero-order valence-electron chi connectivity index (χ0n) is 71.6. The molecule has 8 aromatic heterocycles. The fraction of sp³-hybridized carbons (Fsp3) is 0.457. The average molecular weight is 1880 g/mol. The van der Waals surface area contributed by atoms with Gasteiger partial charge < -0.3 is 67.9 Å². The maximum Gasteiger partial charge on any atom is 0.494 e. The molecular formula is C81H106BCl5N16O15S3Si2. The smallest absolute Gasteiger partial charge is 0.456 e. The molecule has 5 aliphatic heterocycles. The van der Waals surface area contributed by atoms with Crippen molar-refractivity contribution in [1.29, 1.82) is 0 Å². The number of ether oxygens (including phenoxy) is 8. The number of hydrogen-bond donors (Lipinski definition) is 4. The van der Waals surface area contributed by atoms with Gasteiger partial charge in [-0.05, 0) is 106 Å². The molecule has 664 valence electrons. The van der Waals surface area contributed by atoms with Crippen molar-refractivity contribution >= 4 is 163 Å². The second-order valence-corrected chi connectivity index (χ2v) is 52.7. The predicted molar refractivity (Wildman–Crippen MR) is 492 cm³/mol. The number of pyridine rings is 6. The number of benzene rings is 2. The summed E-state index contributed by atoms with van der Waals surface area (Å²) in [6.07, 6.45) is 7.09. The Morgan fingerprint density at radius 1 is 0.561 bits per heavy atom. The molecule has 0 amide bonds. The predicted octanol–water partition coefficient (Wildman–Crippen LogP) is 14.2. The molecule has 0 aliphatic carbocycles. The Labute approximate surface area is 748 Å². The molecule has 13 heterocycles. The monoisotopic (exact) mass is 1880 g/mol. The van der Waals surface area contributed by atoms with Gasteiger partial charge in [0.05, 0.1) is 112 Å². The molecule has 15 rings (SSSR count). The number of nitrogens with zero attached hydrogens (tertiary/aromatic N) is 14. The van der Waals surface area contributed by atoms with E-state index < -0.39 is 102 Å². The second kappa shape index (κ2) is 41.4. The normalized spacial score (nSPS) is 21.3. The third-order valence-electron chi connectivity index (χ3n) is 20.5. The van der Waals surface area contributed by atoms with Gasteiger partial charge in [0, 0.05) is 93.0 Å². The highest BCUT2D eigenvalue weighted by Gasteiger charge is 2.53. The molecule has 0 bridgehead atoms. The summed E-state index contributed by atoms with van der Waals surface area (Å²) in [4.78, 5) is 35.3. The standard InChI is InChI=1S/C32H41ClN6O6SSi.C30H41BClN3O7Si.C8H12ClN3OS.C6H7ClN2OS.C5H5ClN2/c1-38(2)46(3,41)37-22-11-12-24(34-16-22)20-7-9-21(10-8-20)28-23(33)15-25-31(36-28)39(19-42-13-14-47(4,5)6)32(35-25)45-27-18-44-29-26(40)17-43-30(27)29;1-29(2)30(3,4)42-31(41-29)19-10-8-18(9-11-19)24-20(32)14-21-27(34-24)35(17-37-12-13-43(5,6)7)28(33-21)40-23-16-39-25-22(36)15-38-26(23)25;1-12(2)14(3,13)11-7-4-5-8(9)10-6-7;1-11(10)9-5-2-3-6(7)8-4-5;6-5-2-1-4(7)3-8-5/h7-12,15-16,26-27,29-30,40H,13-14,17-19H2,1-6H3;8-11,14,22-23,25-26,36H,12-13,15-17H2,1-7H3;4-6H,1-3H3;2-4,9H,1H3;1-3H,7H2/t26-,27-,29-,30-,46?;22-,23-,25-,26-;;;/m11.../s1. The van der Waals surface area contributed by atoms with E-state index in [1.165, 1.54) is 18.6 Å². The number of nitrogens with two attached hydrogens (primary N) is 1. The Hall–Kier alpha value is -7.00. The van der Waals surface area contributed by atoms with E-state index in [0.29, 0.717) is 114 Å². The third-order valence-corrected chi connectivity index (χ3v) is 29.4. The van der Waals surface area contributed by atoms with Gasteiger partial charge in [0.25, 0.3) is 0 Å². The number of aliphatic hydroxyl groups excluding tert-OH is 2. The van der Waals surface area contributed by atoms with Crippen LogP contribution in [-0.2, 0) is 82.0 Å². The number of imidazole rings is 2. The molecule has 31 nitrogen and oxygen atoms in total. The number of nitrogens with one attached hydrogen (secondary N) is 1. The van der Waals surface area contributed by atoms with Crippen LogP contribution in [0.2, 0.25) is 76.9 Å². The SMILES string of the molecule is CC1(C)OB(c2ccc(-c3nc4c(cc3Cl)nc(O[C@@H]3CO[C@H]5[C@@H]3OC[C@H]5O)n4COCC[Si](C)(C)C)cc2)OC1(C)C.CN(C)S(C)(=O)=Nc1ccc(-c2ccc(-c3nc4c(cc3Cl)nc(O[C@@H]3CO[C@H]5[C@@H]3OC[C@H]5O)n4COCC[Si](C)(C)C)cc2)nc1.CN(C)S(C)(=O)=Nc1ccc(Cl)nc1.CS(=O)Nc1ccc(Cl)nc1.Nc1ccc(Cl)nc1. The first-order valence-corrected chi connectivity index (χ1v) is 54.0. The summed E-state index contributed by atoms with van der Waals surface area (Å²) in [6.45, 7) is 24.7. The third kappa shape index (κ3) is 25.9. The van der Waals surface area contributed by atoms with Crippen molar-refractivity contribution in [1.82, 2.24) is 57.6 Å². The minimum Gasteiger partial charge on any atom is -0.456 e. The number of aliphatic hydroxyl groups is 2. The number of fused-ring (bicyclic) bond motifs is 4. The lowest BCUT2D eigenvalue weighted by Gasteiger charge is -2.32. The van der Waals surface area contributed by atoms with Crippen LogP contribution >= 0.6 is 58.0 Å². The topological polar surface area (TPSA) is 366 Å². The molecule has 0 saturated carbocycles. The molecule has 5 saturated heterocycles. The molecule has 3 unspecified atom stereocenters. The molecule has 0 spiro atoms. The van der Waals surface area contributed by atoms with Crippen LogP contribution in [0.5, 0.6) is 12.0 Å². The highest BCUT2D eigenvalue weighted by atomic mass is 35.5. The van der Waals surface area contributed by atoms with Crippen molar-refractivity contribution in [2.45, 2.75) is 153 Å². The van der Waals surface area contributed by atoms with Gasteiger partial charge >= 0.3 is 19.1 Å². The fourth-order valence-corrected chi connectivity index (χ4v) is 16.5. The lowest BCUT2D eigenvalue weighted by atomic mass is 9.79. The summed E-state index contributed by atoms with van der Waals surface area (Å²) in [6, 6.07) is 35.7. The van der Waals surface area contributed by atoms with Gasteiger partial charge in [-0.3, -0.25) is 14.1 Å². The van der Waals surface area contributed by atoms with E-state index in [-0.39, 0.29) is 45.5 Å². The second-order valence-electron chi connectivity index (χ2n) is 33.5. The fourth-order valence-electron chi connectivity index (χ4n) is 12.4. The van der Waals surface area contributed by atoms with Crippen molar-refractivity contribution in [3.05, 3.63) is 159 Å². The number of anilines is 2. The van der Waals surface area contributed by atoms with Crippen molar-refractivity contribution < 1.29 is 70.0 Å². The Kier molecular flexibility index (Phi) is 32.5. The molecule has 5 N–H and O–H groups in total. The summed E-state index contributed by atoms with van der Waals surface area (Å²) in [5, 5.41) is 22.6. The quantitative estimate of drug-likeness (QED) is 0.0248. The van der Waals surface area contributed by atoms with E-state index >= 15 is 0 Å². The molecule has 11 atom stereocenters. The summed E-state index contributed by atoms with van der Waals surface area (Å²) < 4.78 is 113. The lowest BCUT2D eigenvalue weighted by molar-refractivity contribution is 0.00332. The molecule has 5 fully saturated rings. The van der Waals surface area contributed by atoms with Gasteiger partial charge in [-0.25, -0.2) is 46.2 Å². The van der Waals surface area contributed by atoms with Crippen molar-refractivity contribution in [3.8, 4) is 45.8 Å². The van der Waals surface area contributed by atoms with Crippen molar-refractivity contribution in [3.63, 3.8) is 0 Å². The molecule has 42 heteroatoms. The minimum atomic E-state index is -2.50. The van der Waals surface area contributed by atoms with Crippen molar-refractivity contribution in [2.75, 3.05) is 97.1 Å². The molecular weight excluding hydrogens is 1780 g/mol. The molecule has 0 radical (unpaired) electrons. The zero-order chi connectivity index (χ0) is 89.3. The van der Waals surface area contributed by atoms with Crippen LogP contribution in [0.25, 0.3) is 56.1 Å². The lowest BCUT2D eigenvalue weighted by Crippen LogP contribution is -2.41. The Balaban J connectivity index is 0.000000175. The highest BCUT2D eigenvalue weighted by Crippen LogP contribution is 2.40. The number of nitrogen functional groups attached to an aromatic ring is 1. The number of halogens is 5.